The molecule has 662 valence electrons. The number of carbonyl (C=O) groups is 13. The summed E-state index contributed by atoms with van der Waals surface area (Å²) in [5, 5.41) is 97.2. The first kappa shape index (κ1) is 96.1. The Hall–Kier alpha value is -7.36. The number of carboxylic acid groups (broad SMARTS) is 1. The third kappa shape index (κ3) is 30.7. The molecule has 3 saturated carbocycles. The van der Waals surface area contributed by atoms with Gasteiger partial charge in [-0.3, -0.25) is 62.3 Å². The number of amides is 12. The Morgan fingerprint density at radius 2 is 0.992 bits per heavy atom. The van der Waals surface area contributed by atoms with Crippen LogP contribution in [-0.2, 0) is 73.8 Å². The second-order valence-electron chi connectivity index (χ2n) is 34.7. The molecule has 37 heteroatoms. The molecule has 3 aliphatic carbocycles. The summed E-state index contributed by atoms with van der Waals surface area (Å²) < 4.78 is 14.9. The maximum atomic E-state index is 15.5. The fourth-order valence-electron chi connectivity index (χ4n) is 17.0. The van der Waals surface area contributed by atoms with Crippen molar-refractivity contribution in [2.75, 3.05) is 37.8 Å². The maximum absolute atomic E-state index is 15.5. The normalized spacial score (nSPS) is 33.6. The minimum atomic E-state index is -1.82. The van der Waals surface area contributed by atoms with Crippen molar-refractivity contribution in [2.24, 2.45) is 40.7 Å². The Kier molecular flexibility index (Phi) is 38.4. The third-order valence-electron chi connectivity index (χ3n) is 24.0. The minimum Gasteiger partial charge on any atom is -0.481 e. The van der Waals surface area contributed by atoms with Crippen molar-refractivity contribution in [3.63, 3.8) is 0 Å². The number of carboxylic acids is 1. The van der Waals surface area contributed by atoms with Crippen molar-refractivity contribution in [3.05, 3.63) is 35.4 Å². The number of benzene rings is 1. The first-order valence-electron chi connectivity index (χ1n) is 42.5. The van der Waals surface area contributed by atoms with Gasteiger partial charge in [-0.05, 0) is 208 Å². The second-order valence-corrected chi connectivity index (χ2v) is 36.8. The molecule has 12 amide bonds. The van der Waals surface area contributed by atoms with Crippen LogP contribution in [0.3, 0.4) is 0 Å². The lowest BCUT2D eigenvalue weighted by Gasteiger charge is -2.34. The number of rotatable bonds is 18. The van der Waals surface area contributed by atoms with Crippen LogP contribution < -0.4 is 85.5 Å². The van der Waals surface area contributed by atoms with Gasteiger partial charge in [0, 0.05) is 55.1 Å². The van der Waals surface area contributed by atoms with Gasteiger partial charge >= 0.3 is 5.97 Å². The van der Waals surface area contributed by atoms with E-state index in [0.717, 1.165) is 24.0 Å². The molecule has 17 atom stereocenters. The molecule has 118 heavy (non-hydrogen) atoms. The molecule has 1 aromatic carbocycles. The van der Waals surface area contributed by atoms with Gasteiger partial charge in [0.05, 0.1) is 30.6 Å². The van der Waals surface area contributed by atoms with Crippen molar-refractivity contribution >= 4 is 100 Å². The predicted molar refractivity (Wildman–Crippen MR) is 440 cm³/mol. The van der Waals surface area contributed by atoms with Crippen LogP contribution in [0.1, 0.15) is 207 Å². The number of fused-ring (bicyclic) bond motifs is 3. The standard InChI is InChI=1S/C81H131FN16O18S2/c1-7-10-56-72(108)97-67(44(3)100)79(115)95-63(69(83)106)41-118-40-49-12-8-11-48(31-49)39-117-30-28-64(103)96-68(81(4,5)6)80(116)94-60(34-47-18-24-54(102)25-19-47)75(111)92-62(36-52-38-84-42-87-52)77(113)98-66(43(2)99)78(114)93-61(35-50-37-86-70-55(50)13-9-29-85-70)76(112)91-59(32-45-14-20-51(82)21-15-45)74(110)89-57(26-27-65(104)105)71(107)90-58(73(109)88-56)33-46-16-22-53(101)23-17-46/h8,11-12,31,43-47,50-63,66-68,70,84-87,99-102H,7,9-10,13-30,32-42H2,1-6H3,(H2,83,106)(H,88,109)(H,89,110)(H,90,107)(H,91,112)(H,92,111)(H,93,114)(H,94,116)(H,95,115)(H,96,103)(H,97,108)(H,98,113)(H,104,105)/t43-,44-,45?,46?,47?,50?,51?,52?,53?,54?,55?,56+,57+,58+,59+,60+,61+,62+,63+,66+,67+,68-,70?/m1/s1. The molecule has 7 aliphatic rings. The van der Waals surface area contributed by atoms with Crippen molar-refractivity contribution < 1.29 is 92.3 Å². The highest BCUT2D eigenvalue weighted by Gasteiger charge is 2.45. The Balaban J connectivity index is 1.14. The summed E-state index contributed by atoms with van der Waals surface area (Å²) in [4.78, 5) is 189. The molecular formula is C81H131FN16O18S2. The molecule has 4 aliphatic heterocycles. The van der Waals surface area contributed by atoms with Crippen molar-refractivity contribution in [3.8, 4) is 0 Å². The van der Waals surface area contributed by atoms with E-state index in [4.69, 9.17) is 5.73 Å². The number of hydrogen-bond acceptors (Lipinski definition) is 23. The number of aliphatic carboxylic acids is 1. The summed E-state index contributed by atoms with van der Waals surface area (Å²) in [5.74, 6) is -12.0. The van der Waals surface area contributed by atoms with Crippen LogP contribution in [-0.4, -0.2) is 249 Å². The average Bonchev–Trinajstić information content (AvgIpc) is 1.63. The number of halogens is 1. The Bertz CT molecular complexity index is 3540. The molecule has 3 saturated heterocycles. The number of primary amides is 1. The molecule has 2 bridgehead atoms. The largest absolute Gasteiger partial charge is 0.481 e. The van der Waals surface area contributed by atoms with Gasteiger partial charge in [-0.25, -0.2) is 4.39 Å². The smallest absolute Gasteiger partial charge is 0.303 e. The summed E-state index contributed by atoms with van der Waals surface area (Å²) >= 11 is 2.73. The number of nitrogens with one attached hydrogen (secondary N) is 15. The highest BCUT2D eigenvalue weighted by molar-refractivity contribution is 7.98. The fourth-order valence-corrected chi connectivity index (χ4v) is 18.9. The monoisotopic (exact) mass is 1700 g/mol. The van der Waals surface area contributed by atoms with E-state index in [0.29, 0.717) is 94.9 Å². The Morgan fingerprint density at radius 3 is 1.49 bits per heavy atom. The Morgan fingerprint density at radius 1 is 0.534 bits per heavy atom. The highest BCUT2D eigenvalue weighted by Crippen LogP contribution is 2.35. The summed E-state index contributed by atoms with van der Waals surface area (Å²) in [7, 11) is 0. The lowest BCUT2D eigenvalue weighted by atomic mass is 9.82. The third-order valence-corrected chi connectivity index (χ3v) is 26.1. The van der Waals surface area contributed by atoms with Gasteiger partial charge in [0.15, 0.2) is 0 Å². The molecule has 8 rings (SSSR count). The molecule has 4 heterocycles. The quantitative estimate of drug-likeness (QED) is 0.0880. The first-order chi connectivity index (χ1) is 56.1. The van der Waals surface area contributed by atoms with Gasteiger partial charge in [0.1, 0.15) is 72.6 Å². The highest BCUT2D eigenvalue weighted by atomic mass is 32.2. The van der Waals surface area contributed by atoms with E-state index in [2.05, 4.69) is 79.8 Å². The average molecular weight is 1700 g/mol. The summed E-state index contributed by atoms with van der Waals surface area (Å²) in [6.07, 6.45) is -1.28. The number of hydrogen-bond donors (Lipinski definition) is 21. The van der Waals surface area contributed by atoms with Gasteiger partial charge in [-0.1, -0.05) is 58.4 Å². The second kappa shape index (κ2) is 47.2. The molecule has 22 N–H and O–H groups in total. The number of piperidine rings is 1. The number of nitrogens with two attached hydrogens (primary N) is 1. The number of alkyl halides is 1. The lowest BCUT2D eigenvalue weighted by Crippen LogP contribution is -2.63. The number of carbonyl (C=O) groups excluding carboxylic acids is 12. The van der Waals surface area contributed by atoms with Crippen LogP contribution in [0.25, 0.3) is 0 Å². The zero-order valence-corrected chi connectivity index (χ0v) is 70.7. The zero-order chi connectivity index (χ0) is 85.9. The van der Waals surface area contributed by atoms with Crippen molar-refractivity contribution in [1.82, 2.24) is 79.8 Å². The Labute approximate surface area is 699 Å². The molecule has 4 unspecified atom stereocenters. The van der Waals surface area contributed by atoms with Crippen LogP contribution in [0, 0.1) is 35.0 Å². The number of aliphatic hydroxyl groups is 4. The molecular weight excluding hydrogens is 1570 g/mol. The van der Waals surface area contributed by atoms with Gasteiger partial charge in [0.25, 0.3) is 0 Å². The number of aliphatic hydroxyl groups excluding tert-OH is 4. The molecule has 34 nitrogen and oxygen atoms in total. The van der Waals surface area contributed by atoms with E-state index >= 15 is 28.8 Å². The van der Waals surface area contributed by atoms with E-state index in [-0.39, 0.29) is 113 Å². The maximum Gasteiger partial charge on any atom is 0.303 e. The van der Waals surface area contributed by atoms with Crippen LogP contribution in [0.4, 0.5) is 4.39 Å². The molecule has 6 fully saturated rings. The summed E-state index contributed by atoms with van der Waals surface area (Å²) in [5.41, 5.74) is 6.67. The van der Waals surface area contributed by atoms with E-state index in [1.807, 2.05) is 24.3 Å². The van der Waals surface area contributed by atoms with Crippen LogP contribution in [0.5, 0.6) is 0 Å². The van der Waals surface area contributed by atoms with Gasteiger partial charge in [0.2, 0.25) is 70.9 Å². The predicted octanol–water partition coefficient (Wildman–Crippen LogP) is -0.508. The van der Waals surface area contributed by atoms with Crippen LogP contribution in [0.15, 0.2) is 24.3 Å². The molecule has 0 aromatic heterocycles. The minimum absolute atomic E-state index is 0.00136. The van der Waals surface area contributed by atoms with Gasteiger partial charge < -0.3 is 111 Å². The zero-order valence-electron chi connectivity index (χ0n) is 69.0. The van der Waals surface area contributed by atoms with Crippen molar-refractivity contribution in [2.45, 2.75) is 316 Å². The number of thioether (sulfide) groups is 2. The van der Waals surface area contributed by atoms with Crippen molar-refractivity contribution in [1.29, 1.82) is 0 Å². The van der Waals surface area contributed by atoms with E-state index in [1.54, 1.807) is 27.7 Å². The van der Waals surface area contributed by atoms with E-state index < -0.39 is 204 Å². The summed E-state index contributed by atoms with van der Waals surface area (Å²) in [6, 6.07) is -9.35. The molecule has 1 aromatic rings. The topological polar surface area (TPSA) is 530 Å². The lowest BCUT2D eigenvalue weighted by molar-refractivity contribution is -0.139. The van der Waals surface area contributed by atoms with Gasteiger partial charge in [-0.2, -0.15) is 23.5 Å². The van der Waals surface area contributed by atoms with E-state index in [9.17, 15) is 63.5 Å². The molecule has 0 spiro atoms. The SMILES string of the molecule is CCC[C@@H]1NC(=O)[C@H](CC2CCC(O)CC2)NC(=O)[C@H](CCC(=O)O)NC(=O)[C@H](CC2CCC(F)CC2)NC(=O)[C@H](CC2CNC3NCCCC23)NC(=O)[C@H]([C@@H](C)O)NC(=O)[C@H](CC2CNCN2)NC(=O)[C@H](CC2CCC(O)CC2)NC(=O)[C@H](C(C)(C)C)NC(=O)CCSCc2cccc(c2)CSC[C@@H](C(N)=O)NC(=O)[C@H]([C@@H](C)O)NC1=O. The van der Waals surface area contributed by atoms with Crippen LogP contribution >= 0.6 is 23.5 Å². The van der Waals surface area contributed by atoms with E-state index in [1.165, 1.54) is 37.4 Å². The first-order valence-corrected chi connectivity index (χ1v) is 44.8. The fraction of sp³-hybridized carbons (Fsp3) is 0.765. The van der Waals surface area contributed by atoms with Crippen LogP contribution in [0.2, 0.25) is 0 Å². The van der Waals surface area contributed by atoms with Gasteiger partial charge in [-0.15, -0.1) is 0 Å². The molecule has 0 radical (unpaired) electrons. The summed E-state index contributed by atoms with van der Waals surface area (Å²) in [6.45, 7) is 11.3.